The first-order chi connectivity index (χ1) is 15.4. The van der Waals surface area contributed by atoms with E-state index in [2.05, 4.69) is 33.9 Å². The monoisotopic (exact) mass is 471 g/mol. The number of thioether (sulfide) groups is 1. The highest BCUT2D eigenvalue weighted by Gasteiger charge is 2.38. The van der Waals surface area contributed by atoms with Gasteiger partial charge in [-0.2, -0.15) is 0 Å². The molecular weight excluding hydrogens is 446 g/mol. The fourth-order valence-corrected chi connectivity index (χ4v) is 5.13. The van der Waals surface area contributed by atoms with Crippen molar-refractivity contribution in [3.63, 3.8) is 0 Å². The lowest BCUT2D eigenvalue weighted by Crippen LogP contribution is -2.41. The van der Waals surface area contributed by atoms with E-state index in [4.69, 9.17) is 16.3 Å². The van der Waals surface area contributed by atoms with Gasteiger partial charge in [-0.15, -0.1) is 10.2 Å². The van der Waals surface area contributed by atoms with Crippen molar-refractivity contribution in [2.24, 2.45) is 0 Å². The van der Waals surface area contributed by atoms with Gasteiger partial charge in [0.05, 0.1) is 18.2 Å². The Morgan fingerprint density at radius 2 is 2.06 bits per heavy atom. The minimum atomic E-state index is -0.480. The molecule has 168 valence electrons. The number of carbonyl (C=O) groups excluding carboxylic acids is 1. The van der Waals surface area contributed by atoms with Crippen LogP contribution in [0.25, 0.3) is 0 Å². The molecule has 2 heterocycles. The number of nitrogens with one attached hydrogen (secondary N) is 2. The van der Waals surface area contributed by atoms with E-state index < -0.39 is 5.25 Å². The van der Waals surface area contributed by atoms with Crippen LogP contribution in [0.2, 0.25) is 5.02 Å². The normalized spacial score (nSPS) is 17.4. The third kappa shape index (κ3) is 4.42. The average Bonchev–Trinajstić information content (AvgIpc) is 3.17. The van der Waals surface area contributed by atoms with Crippen molar-refractivity contribution in [2.45, 2.75) is 50.1 Å². The minimum absolute atomic E-state index is 0.113. The average molecular weight is 472 g/mol. The molecule has 9 heteroatoms. The van der Waals surface area contributed by atoms with Crippen LogP contribution in [0.4, 0.5) is 5.69 Å². The Morgan fingerprint density at radius 3 is 2.75 bits per heavy atom. The van der Waals surface area contributed by atoms with Crippen molar-refractivity contribution in [1.82, 2.24) is 14.9 Å². The number of fused-ring (bicyclic) bond motifs is 1. The highest BCUT2D eigenvalue weighted by atomic mass is 35.5. The van der Waals surface area contributed by atoms with Crippen LogP contribution in [0.1, 0.15) is 41.9 Å². The number of halogens is 1. The van der Waals surface area contributed by atoms with Crippen molar-refractivity contribution in [3.05, 3.63) is 63.9 Å². The Kier molecular flexibility index (Phi) is 6.62. The summed E-state index contributed by atoms with van der Waals surface area (Å²) in [6.07, 6.45) is 1.73. The maximum absolute atomic E-state index is 13.5. The largest absolute Gasteiger partial charge is 0.495 e. The number of aryl methyl sites for hydroxylation is 3. The summed E-state index contributed by atoms with van der Waals surface area (Å²) in [6.45, 7) is 6.12. The molecule has 0 saturated carbocycles. The third-order valence-electron chi connectivity index (χ3n) is 5.41. The summed E-state index contributed by atoms with van der Waals surface area (Å²) < 4.78 is 7.18. The maximum Gasteiger partial charge on any atom is 0.240 e. The molecule has 1 aliphatic heterocycles. The van der Waals surface area contributed by atoms with E-state index in [9.17, 15) is 4.79 Å². The van der Waals surface area contributed by atoms with Crippen molar-refractivity contribution in [3.8, 4) is 5.75 Å². The molecule has 1 amide bonds. The van der Waals surface area contributed by atoms with Crippen LogP contribution >= 0.6 is 23.4 Å². The van der Waals surface area contributed by atoms with Gasteiger partial charge in [-0.1, -0.05) is 54.0 Å². The van der Waals surface area contributed by atoms with E-state index in [1.807, 2.05) is 48.9 Å². The summed E-state index contributed by atoms with van der Waals surface area (Å²) in [5, 5.41) is 12.4. The molecule has 0 aliphatic carbocycles. The molecule has 1 aromatic heterocycles. The highest BCUT2D eigenvalue weighted by molar-refractivity contribution is 8.00. The number of nitrogens with zero attached hydrogens (tertiary/aromatic N) is 3. The van der Waals surface area contributed by atoms with E-state index in [1.54, 1.807) is 7.11 Å². The summed E-state index contributed by atoms with van der Waals surface area (Å²) in [5.74, 6) is 1.32. The van der Waals surface area contributed by atoms with Gasteiger partial charge in [-0.05, 0) is 49.6 Å². The van der Waals surface area contributed by atoms with E-state index in [0.29, 0.717) is 15.9 Å². The number of amides is 1. The lowest BCUT2D eigenvalue weighted by molar-refractivity contribution is -0.116. The van der Waals surface area contributed by atoms with Crippen LogP contribution in [0.3, 0.4) is 0 Å². The van der Waals surface area contributed by atoms with Crippen LogP contribution in [0, 0.1) is 13.8 Å². The molecule has 2 atom stereocenters. The van der Waals surface area contributed by atoms with Gasteiger partial charge in [0.1, 0.15) is 11.0 Å². The van der Waals surface area contributed by atoms with Gasteiger partial charge in [0, 0.05) is 12.1 Å². The van der Waals surface area contributed by atoms with Gasteiger partial charge in [0.2, 0.25) is 11.1 Å². The molecule has 4 rings (SSSR count). The van der Waals surface area contributed by atoms with Crippen LogP contribution in [0.5, 0.6) is 5.75 Å². The first-order valence-corrected chi connectivity index (χ1v) is 11.8. The number of carbonyl (C=O) groups is 1. The number of aromatic nitrogens is 3. The van der Waals surface area contributed by atoms with Crippen LogP contribution in [0.15, 0.2) is 41.6 Å². The number of hydrogen-bond donors (Lipinski definition) is 2. The van der Waals surface area contributed by atoms with Crippen molar-refractivity contribution < 1.29 is 9.53 Å². The van der Waals surface area contributed by atoms with Crippen molar-refractivity contribution in [1.29, 1.82) is 0 Å². The Bertz CT molecular complexity index is 1150. The first-order valence-electron chi connectivity index (χ1n) is 10.5. The van der Waals surface area contributed by atoms with Crippen molar-refractivity contribution in [2.75, 3.05) is 17.9 Å². The van der Waals surface area contributed by atoms with Gasteiger partial charge in [0.15, 0.2) is 5.82 Å². The summed E-state index contributed by atoms with van der Waals surface area (Å²) in [6, 6.07) is 11.2. The van der Waals surface area contributed by atoms with Crippen LogP contribution < -0.4 is 15.5 Å². The van der Waals surface area contributed by atoms with E-state index in [0.717, 1.165) is 41.0 Å². The summed E-state index contributed by atoms with van der Waals surface area (Å²) in [7, 11) is 1.58. The highest BCUT2D eigenvalue weighted by Crippen LogP contribution is 2.39. The lowest BCUT2D eigenvalue weighted by atomic mass is 10.0. The quantitative estimate of drug-likeness (QED) is 0.531. The second kappa shape index (κ2) is 9.42. The Balaban J connectivity index is 1.69. The zero-order valence-corrected chi connectivity index (χ0v) is 20.0. The van der Waals surface area contributed by atoms with E-state index in [1.165, 1.54) is 11.8 Å². The Morgan fingerprint density at radius 1 is 1.25 bits per heavy atom. The zero-order valence-electron chi connectivity index (χ0n) is 18.5. The van der Waals surface area contributed by atoms with Gasteiger partial charge < -0.3 is 15.5 Å². The fourth-order valence-electron chi connectivity index (χ4n) is 3.77. The number of rotatable bonds is 6. The fraction of sp³-hybridized carbons (Fsp3) is 0.348. The molecule has 0 spiro atoms. The topological polar surface area (TPSA) is 81.1 Å². The smallest absolute Gasteiger partial charge is 0.240 e. The molecule has 0 radical (unpaired) electrons. The molecule has 0 saturated heterocycles. The summed E-state index contributed by atoms with van der Waals surface area (Å²) in [4.78, 5) is 13.5. The Labute approximate surface area is 196 Å². The molecule has 2 unspecified atom stereocenters. The lowest BCUT2D eigenvalue weighted by Gasteiger charge is -2.33. The molecule has 7 nitrogen and oxygen atoms in total. The number of benzene rings is 2. The standard InChI is InChI=1S/C23H26ClN5O2S/c1-5-6-19-26-27-23-29(19)28-20(15-8-10-18(31-4)16(24)12-15)21(32-23)22(30)25-17-9-7-13(2)11-14(17)3/h7-12,20-21,28H,5-6H2,1-4H3,(H,25,30). The predicted molar refractivity (Wildman–Crippen MR) is 128 cm³/mol. The molecule has 32 heavy (non-hydrogen) atoms. The number of hydrogen-bond acceptors (Lipinski definition) is 6. The number of ether oxygens (including phenoxy) is 1. The maximum atomic E-state index is 13.5. The molecule has 1 aliphatic rings. The second-order valence-corrected chi connectivity index (χ2v) is 9.35. The molecular formula is C23H26ClN5O2S. The van der Waals surface area contributed by atoms with Crippen LogP contribution in [-0.2, 0) is 11.2 Å². The molecule has 2 N–H and O–H groups in total. The zero-order chi connectivity index (χ0) is 22.8. The third-order valence-corrected chi connectivity index (χ3v) is 6.92. The predicted octanol–water partition coefficient (Wildman–Crippen LogP) is 4.91. The second-order valence-electron chi connectivity index (χ2n) is 7.83. The SMILES string of the molecule is CCCc1nnc2n1NC(c1ccc(OC)c(Cl)c1)C(C(=O)Nc1ccc(C)cc1C)S2. The van der Waals surface area contributed by atoms with E-state index >= 15 is 0 Å². The van der Waals surface area contributed by atoms with Gasteiger partial charge in [0.25, 0.3) is 0 Å². The number of methoxy groups -OCH3 is 1. The summed E-state index contributed by atoms with van der Waals surface area (Å²) in [5.41, 5.74) is 7.31. The van der Waals surface area contributed by atoms with Gasteiger partial charge >= 0.3 is 0 Å². The van der Waals surface area contributed by atoms with E-state index in [-0.39, 0.29) is 11.9 Å². The van der Waals surface area contributed by atoms with Gasteiger partial charge in [-0.25, -0.2) is 4.68 Å². The first kappa shape index (κ1) is 22.5. The molecule has 0 fully saturated rings. The van der Waals surface area contributed by atoms with Crippen molar-refractivity contribution >= 4 is 35.0 Å². The summed E-state index contributed by atoms with van der Waals surface area (Å²) >= 11 is 7.81. The molecule has 0 bridgehead atoms. The molecule has 2 aromatic carbocycles. The van der Waals surface area contributed by atoms with Crippen LogP contribution in [-0.4, -0.2) is 33.1 Å². The molecule has 3 aromatic rings. The van der Waals surface area contributed by atoms with Gasteiger partial charge in [-0.3, -0.25) is 4.79 Å². The Hall–Kier alpha value is -2.71. The minimum Gasteiger partial charge on any atom is -0.495 e. The number of anilines is 1.